The first kappa shape index (κ1) is 13.8. The van der Waals surface area contributed by atoms with Crippen LogP contribution in [0, 0.1) is 0 Å². The molecule has 0 radical (unpaired) electrons. The first-order chi connectivity index (χ1) is 9.63. The Morgan fingerprint density at radius 1 is 1.15 bits per heavy atom. The molecular formula is C14H17Cl2N3O. The highest BCUT2D eigenvalue weighted by molar-refractivity contribution is 6.35. The van der Waals surface area contributed by atoms with E-state index in [2.05, 4.69) is 10.2 Å². The molecular weight excluding hydrogens is 297 g/mol. The van der Waals surface area contributed by atoms with Crippen LogP contribution in [0.4, 0.5) is 10.5 Å². The zero-order valence-electron chi connectivity index (χ0n) is 11.1. The number of anilines is 1. The maximum Gasteiger partial charge on any atom is 0.317 e. The van der Waals surface area contributed by atoms with Crippen molar-refractivity contribution in [3.63, 3.8) is 0 Å². The van der Waals surface area contributed by atoms with Gasteiger partial charge in [-0.2, -0.15) is 0 Å². The number of halogens is 2. The number of rotatable bonds is 2. The van der Waals surface area contributed by atoms with Crippen LogP contribution in [0.5, 0.6) is 0 Å². The highest BCUT2D eigenvalue weighted by atomic mass is 35.5. The van der Waals surface area contributed by atoms with Gasteiger partial charge < -0.3 is 15.1 Å². The zero-order valence-corrected chi connectivity index (χ0v) is 12.6. The van der Waals surface area contributed by atoms with E-state index in [1.54, 1.807) is 6.07 Å². The Morgan fingerprint density at radius 3 is 2.50 bits per heavy atom. The van der Waals surface area contributed by atoms with Crippen LogP contribution in [0.2, 0.25) is 10.0 Å². The largest absolute Gasteiger partial charge is 0.367 e. The number of benzene rings is 1. The van der Waals surface area contributed by atoms with Gasteiger partial charge in [0.05, 0.1) is 10.7 Å². The minimum absolute atomic E-state index is 0.0596. The molecule has 6 heteroatoms. The normalized spacial score (nSPS) is 19.1. The topological polar surface area (TPSA) is 35.6 Å². The standard InChI is InChI=1S/C14H17Cl2N3O/c15-10-1-4-12(16)13(9-10)18-5-7-19(8-6-18)14(20)17-11-2-3-11/h1,4,9,11H,2-3,5-8H2,(H,17,20). The zero-order chi connectivity index (χ0) is 14.1. The molecule has 0 atom stereocenters. The Labute approximate surface area is 128 Å². The van der Waals surface area contributed by atoms with Gasteiger partial charge in [0.15, 0.2) is 0 Å². The molecule has 20 heavy (non-hydrogen) atoms. The number of nitrogens with one attached hydrogen (secondary N) is 1. The molecule has 108 valence electrons. The molecule has 2 aliphatic rings. The minimum atomic E-state index is 0.0596. The molecule has 4 nitrogen and oxygen atoms in total. The van der Waals surface area contributed by atoms with Crippen LogP contribution in [0.25, 0.3) is 0 Å². The summed E-state index contributed by atoms with van der Waals surface area (Å²) in [7, 11) is 0. The highest BCUT2D eigenvalue weighted by Crippen LogP contribution is 2.29. The number of hydrogen-bond acceptors (Lipinski definition) is 2. The average Bonchev–Trinajstić information content (AvgIpc) is 3.26. The lowest BCUT2D eigenvalue weighted by Crippen LogP contribution is -2.52. The SMILES string of the molecule is O=C(NC1CC1)N1CCN(c2cc(Cl)ccc2Cl)CC1. The lowest BCUT2D eigenvalue weighted by molar-refractivity contribution is 0.194. The van der Waals surface area contributed by atoms with Gasteiger partial charge in [-0.25, -0.2) is 4.79 Å². The lowest BCUT2D eigenvalue weighted by Gasteiger charge is -2.36. The summed E-state index contributed by atoms with van der Waals surface area (Å²) in [5.41, 5.74) is 0.946. The Morgan fingerprint density at radius 2 is 1.85 bits per heavy atom. The van der Waals surface area contributed by atoms with Crippen LogP contribution in [0.3, 0.4) is 0 Å². The Bertz CT molecular complexity index is 511. The molecule has 2 amide bonds. The van der Waals surface area contributed by atoms with Crippen LogP contribution in [0.15, 0.2) is 18.2 Å². The average molecular weight is 314 g/mol. The summed E-state index contributed by atoms with van der Waals surface area (Å²) in [6, 6.07) is 5.94. The monoisotopic (exact) mass is 313 g/mol. The van der Waals surface area contributed by atoms with E-state index in [-0.39, 0.29) is 6.03 Å². The molecule has 1 aliphatic carbocycles. The van der Waals surface area contributed by atoms with Gasteiger partial charge in [0.25, 0.3) is 0 Å². The minimum Gasteiger partial charge on any atom is -0.367 e. The van der Waals surface area contributed by atoms with Gasteiger partial charge in [-0.3, -0.25) is 0 Å². The Hall–Kier alpha value is -1.13. The molecule has 1 saturated carbocycles. The molecule has 0 spiro atoms. The van der Waals surface area contributed by atoms with Gasteiger partial charge in [0.1, 0.15) is 0 Å². The predicted molar refractivity (Wildman–Crippen MR) is 81.8 cm³/mol. The molecule has 1 heterocycles. The fourth-order valence-corrected chi connectivity index (χ4v) is 2.78. The van der Waals surface area contributed by atoms with Gasteiger partial charge in [-0.1, -0.05) is 23.2 Å². The molecule has 0 bridgehead atoms. The molecule has 2 fully saturated rings. The van der Waals surface area contributed by atoms with E-state index >= 15 is 0 Å². The smallest absolute Gasteiger partial charge is 0.317 e. The fourth-order valence-electron chi connectivity index (χ4n) is 2.37. The predicted octanol–water partition coefficient (Wildman–Crippen LogP) is 2.99. The molecule has 3 rings (SSSR count). The van der Waals surface area contributed by atoms with Gasteiger partial charge in [-0.05, 0) is 31.0 Å². The van der Waals surface area contributed by atoms with Crippen LogP contribution in [0.1, 0.15) is 12.8 Å². The van der Waals surface area contributed by atoms with Crippen molar-refractivity contribution in [1.82, 2.24) is 10.2 Å². The summed E-state index contributed by atoms with van der Waals surface area (Å²) in [6.45, 7) is 2.97. The number of hydrogen-bond donors (Lipinski definition) is 1. The van der Waals surface area contributed by atoms with Crippen LogP contribution < -0.4 is 10.2 Å². The molecule has 1 saturated heterocycles. The number of nitrogens with zero attached hydrogens (tertiary/aromatic N) is 2. The van der Waals surface area contributed by atoms with Gasteiger partial charge in [0.2, 0.25) is 0 Å². The second kappa shape index (κ2) is 5.70. The maximum absolute atomic E-state index is 12.0. The van der Waals surface area contributed by atoms with E-state index in [1.807, 2.05) is 17.0 Å². The summed E-state index contributed by atoms with van der Waals surface area (Å²) < 4.78 is 0. The van der Waals surface area contributed by atoms with E-state index < -0.39 is 0 Å². The van der Waals surface area contributed by atoms with E-state index in [0.29, 0.717) is 29.2 Å². The second-order valence-corrected chi connectivity index (χ2v) is 6.14. The molecule has 0 aromatic heterocycles. The summed E-state index contributed by atoms with van der Waals surface area (Å²) in [5.74, 6) is 0. The van der Waals surface area contributed by atoms with E-state index in [9.17, 15) is 4.79 Å². The Balaban J connectivity index is 1.60. The molecule has 1 aromatic carbocycles. The van der Waals surface area contributed by atoms with Crippen molar-refractivity contribution < 1.29 is 4.79 Å². The first-order valence-electron chi connectivity index (χ1n) is 6.89. The van der Waals surface area contributed by atoms with Crippen molar-refractivity contribution >= 4 is 34.9 Å². The number of piperazine rings is 1. The number of urea groups is 1. The first-order valence-corrected chi connectivity index (χ1v) is 7.64. The van der Waals surface area contributed by atoms with Crippen LogP contribution in [-0.4, -0.2) is 43.2 Å². The summed E-state index contributed by atoms with van der Waals surface area (Å²) in [4.78, 5) is 16.0. The molecule has 1 aliphatic heterocycles. The van der Waals surface area contributed by atoms with Crippen molar-refractivity contribution in [3.05, 3.63) is 28.2 Å². The quantitative estimate of drug-likeness (QED) is 0.911. The van der Waals surface area contributed by atoms with Crippen molar-refractivity contribution in [3.8, 4) is 0 Å². The van der Waals surface area contributed by atoms with E-state index in [0.717, 1.165) is 31.6 Å². The summed E-state index contributed by atoms with van der Waals surface area (Å²) in [6.07, 6.45) is 2.23. The molecule has 1 N–H and O–H groups in total. The third kappa shape index (κ3) is 3.13. The highest BCUT2D eigenvalue weighted by Gasteiger charge is 2.28. The molecule has 1 aromatic rings. The third-order valence-electron chi connectivity index (χ3n) is 3.72. The van der Waals surface area contributed by atoms with Crippen LogP contribution in [-0.2, 0) is 0 Å². The van der Waals surface area contributed by atoms with E-state index in [1.165, 1.54) is 0 Å². The maximum atomic E-state index is 12.0. The number of carbonyl (C=O) groups excluding carboxylic acids is 1. The van der Waals surface area contributed by atoms with Crippen molar-refractivity contribution in [2.24, 2.45) is 0 Å². The summed E-state index contributed by atoms with van der Waals surface area (Å²) in [5, 5.41) is 4.40. The van der Waals surface area contributed by atoms with Gasteiger partial charge in [-0.15, -0.1) is 0 Å². The van der Waals surface area contributed by atoms with Crippen molar-refractivity contribution in [2.75, 3.05) is 31.1 Å². The number of amides is 2. The fraction of sp³-hybridized carbons (Fsp3) is 0.500. The summed E-state index contributed by atoms with van der Waals surface area (Å²) >= 11 is 12.2. The van der Waals surface area contributed by atoms with Gasteiger partial charge >= 0.3 is 6.03 Å². The van der Waals surface area contributed by atoms with Gasteiger partial charge in [0, 0.05) is 37.2 Å². The third-order valence-corrected chi connectivity index (χ3v) is 4.28. The molecule has 0 unspecified atom stereocenters. The van der Waals surface area contributed by atoms with Crippen LogP contribution >= 0.6 is 23.2 Å². The van der Waals surface area contributed by atoms with Crippen molar-refractivity contribution in [2.45, 2.75) is 18.9 Å². The second-order valence-electron chi connectivity index (χ2n) is 5.29. The number of carbonyl (C=O) groups is 1. The van der Waals surface area contributed by atoms with E-state index in [4.69, 9.17) is 23.2 Å². The van der Waals surface area contributed by atoms with Crippen molar-refractivity contribution in [1.29, 1.82) is 0 Å². The lowest BCUT2D eigenvalue weighted by atomic mass is 10.2. The Kier molecular flexibility index (Phi) is 3.94.